The average molecular weight is 253 g/mol. The van der Waals surface area contributed by atoms with E-state index in [4.69, 9.17) is 5.26 Å². The molecule has 0 saturated heterocycles. The second-order valence-electron chi connectivity index (χ2n) is 4.31. The van der Waals surface area contributed by atoms with Gasteiger partial charge in [0.25, 0.3) is 0 Å². The Morgan fingerprint density at radius 1 is 1.26 bits per heavy atom. The number of pyridine rings is 1. The molecule has 0 saturated carbocycles. The van der Waals surface area contributed by atoms with Gasteiger partial charge in [-0.25, -0.2) is 4.98 Å². The Morgan fingerprint density at radius 2 is 1.95 bits per heavy atom. The van der Waals surface area contributed by atoms with E-state index in [-0.39, 0.29) is 0 Å². The molecule has 0 aliphatic carbocycles. The number of hydrogen-bond donors (Lipinski definition) is 1. The second kappa shape index (κ2) is 5.51. The molecular weight excluding hydrogens is 238 g/mol. The van der Waals surface area contributed by atoms with Gasteiger partial charge < -0.3 is 10.0 Å². The highest BCUT2D eigenvalue weighted by Gasteiger charge is 2.13. The van der Waals surface area contributed by atoms with E-state index >= 15 is 0 Å². The lowest BCUT2D eigenvalue weighted by Gasteiger charge is -2.22. The molecule has 0 aliphatic rings. The summed E-state index contributed by atoms with van der Waals surface area (Å²) in [5.41, 5.74) is 2.31. The van der Waals surface area contributed by atoms with Gasteiger partial charge in [-0.15, -0.1) is 0 Å². The van der Waals surface area contributed by atoms with Crippen molar-refractivity contribution in [1.82, 2.24) is 4.98 Å². The SMILES string of the molecule is C[C@H](O)c1cccnc1N(C)c1ccc(C#N)cc1. The molecule has 0 bridgehead atoms. The first-order chi connectivity index (χ1) is 9.13. The van der Waals surface area contributed by atoms with E-state index in [0.29, 0.717) is 11.4 Å². The summed E-state index contributed by atoms with van der Waals surface area (Å²) in [6.45, 7) is 1.72. The number of rotatable bonds is 3. The fourth-order valence-corrected chi connectivity index (χ4v) is 1.90. The van der Waals surface area contributed by atoms with Crippen molar-refractivity contribution in [2.24, 2.45) is 0 Å². The van der Waals surface area contributed by atoms with Crippen LogP contribution in [0, 0.1) is 11.3 Å². The van der Waals surface area contributed by atoms with Crippen LogP contribution in [0.25, 0.3) is 0 Å². The zero-order chi connectivity index (χ0) is 13.8. The fourth-order valence-electron chi connectivity index (χ4n) is 1.90. The summed E-state index contributed by atoms with van der Waals surface area (Å²) in [7, 11) is 1.88. The molecular formula is C15H15N3O. The molecule has 1 atom stereocenters. The van der Waals surface area contributed by atoms with E-state index < -0.39 is 6.10 Å². The van der Waals surface area contributed by atoms with Gasteiger partial charge in [-0.05, 0) is 37.3 Å². The van der Waals surface area contributed by atoms with E-state index in [2.05, 4.69) is 11.1 Å². The quantitative estimate of drug-likeness (QED) is 0.913. The van der Waals surface area contributed by atoms with E-state index in [9.17, 15) is 5.11 Å². The Morgan fingerprint density at radius 3 is 2.53 bits per heavy atom. The highest BCUT2D eigenvalue weighted by atomic mass is 16.3. The van der Waals surface area contributed by atoms with Gasteiger partial charge in [-0.3, -0.25) is 0 Å². The van der Waals surface area contributed by atoms with Gasteiger partial charge >= 0.3 is 0 Å². The van der Waals surface area contributed by atoms with Gasteiger partial charge in [-0.2, -0.15) is 5.26 Å². The summed E-state index contributed by atoms with van der Waals surface area (Å²) in [5.74, 6) is 0.710. The minimum absolute atomic E-state index is 0.579. The number of aliphatic hydroxyl groups is 1. The summed E-state index contributed by atoms with van der Waals surface area (Å²) >= 11 is 0. The average Bonchev–Trinajstić information content (AvgIpc) is 2.46. The number of nitrogens with zero attached hydrogens (tertiary/aromatic N) is 3. The molecule has 0 spiro atoms. The Labute approximate surface area is 112 Å². The van der Waals surface area contributed by atoms with Crippen LogP contribution in [0.1, 0.15) is 24.2 Å². The highest BCUT2D eigenvalue weighted by Crippen LogP contribution is 2.28. The van der Waals surface area contributed by atoms with Crippen LogP contribution in [0.5, 0.6) is 0 Å². The van der Waals surface area contributed by atoms with Crippen LogP contribution >= 0.6 is 0 Å². The van der Waals surface area contributed by atoms with Gasteiger partial charge in [0.2, 0.25) is 0 Å². The summed E-state index contributed by atoms with van der Waals surface area (Å²) in [6, 6.07) is 13.0. The number of aliphatic hydroxyl groups excluding tert-OH is 1. The smallest absolute Gasteiger partial charge is 0.138 e. The monoisotopic (exact) mass is 253 g/mol. The van der Waals surface area contributed by atoms with Crippen LogP contribution < -0.4 is 4.90 Å². The molecule has 0 radical (unpaired) electrons. The van der Waals surface area contributed by atoms with Crippen LogP contribution in [-0.2, 0) is 0 Å². The zero-order valence-corrected chi connectivity index (χ0v) is 10.9. The van der Waals surface area contributed by atoms with Crippen molar-refractivity contribution in [3.63, 3.8) is 0 Å². The van der Waals surface area contributed by atoms with Crippen molar-refractivity contribution in [1.29, 1.82) is 5.26 Å². The lowest BCUT2D eigenvalue weighted by atomic mass is 10.1. The van der Waals surface area contributed by atoms with Crippen LogP contribution in [0.3, 0.4) is 0 Å². The van der Waals surface area contributed by atoms with Crippen molar-refractivity contribution in [2.75, 3.05) is 11.9 Å². The maximum atomic E-state index is 9.77. The third kappa shape index (κ3) is 2.72. The maximum absolute atomic E-state index is 9.77. The molecule has 1 heterocycles. The zero-order valence-electron chi connectivity index (χ0n) is 10.9. The topological polar surface area (TPSA) is 60.2 Å². The number of aromatic nitrogens is 1. The second-order valence-corrected chi connectivity index (χ2v) is 4.31. The van der Waals surface area contributed by atoms with Crippen molar-refractivity contribution in [3.05, 3.63) is 53.7 Å². The molecule has 0 fully saturated rings. The maximum Gasteiger partial charge on any atom is 0.138 e. The summed E-state index contributed by atoms with van der Waals surface area (Å²) in [6.07, 6.45) is 1.12. The number of benzene rings is 1. The van der Waals surface area contributed by atoms with Gasteiger partial charge in [0.15, 0.2) is 0 Å². The molecule has 96 valence electrons. The molecule has 1 aromatic heterocycles. The predicted molar refractivity (Wildman–Crippen MR) is 74.1 cm³/mol. The first kappa shape index (κ1) is 13.1. The predicted octanol–water partition coefficient (Wildman–Crippen LogP) is 2.77. The fraction of sp³-hybridized carbons (Fsp3) is 0.200. The molecule has 2 rings (SSSR count). The van der Waals surface area contributed by atoms with Crippen molar-refractivity contribution >= 4 is 11.5 Å². The largest absolute Gasteiger partial charge is 0.389 e. The number of anilines is 2. The van der Waals surface area contributed by atoms with Crippen LogP contribution in [0.15, 0.2) is 42.6 Å². The van der Waals surface area contributed by atoms with E-state index in [1.165, 1.54) is 0 Å². The van der Waals surface area contributed by atoms with Gasteiger partial charge in [0.1, 0.15) is 5.82 Å². The van der Waals surface area contributed by atoms with E-state index in [1.807, 2.05) is 30.1 Å². The first-order valence-electron chi connectivity index (χ1n) is 6.00. The Hall–Kier alpha value is -2.38. The number of nitriles is 1. The third-order valence-corrected chi connectivity index (χ3v) is 2.97. The Bertz CT molecular complexity index is 600. The Kier molecular flexibility index (Phi) is 3.79. The van der Waals surface area contributed by atoms with Crippen LogP contribution in [0.4, 0.5) is 11.5 Å². The first-order valence-corrected chi connectivity index (χ1v) is 6.00. The van der Waals surface area contributed by atoms with Gasteiger partial charge in [0.05, 0.1) is 17.7 Å². The van der Waals surface area contributed by atoms with E-state index in [0.717, 1.165) is 11.3 Å². The Balaban J connectivity index is 2.38. The van der Waals surface area contributed by atoms with Gasteiger partial charge in [0, 0.05) is 24.5 Å². The normalized spacial score (nSPS) is 11.7. The number of hydrogen-bond acceptors (Lipinski definition) is 4. The van der Waals surface area contributed by atoms with Gasteiger partial charge in [-0.1, -0.05) is 6.07 Å². The lowest BCUT2D eigenvalue weighted by Crippen LogP contribution is -2.14. The molecule has 1 N–H and O–H groups in total. The molecule has 1 aromatic carbocycles. The molecule has 4 heteroatoms. The third-order valence-electron chi connectivity index (χ3n) is 2.97. The van der Waals surface area contributed by atoms with Crippen LogP contribution in [0.2, 0.25) is 0 Å². The molecule has 0 aliphatic heterocycles. The molecule has 2 aromatic rings. The van der Waals surface area contributed by atoms with Crippen molar-refractivity contribution < 1.29 is 5.11 Å². The standard InChI is InChI=1S/C15H15N3O/c1-11(19)14-4-3-9-17-15(14)18(2)13-7-5-12(10-16)6-8-13/h3-9,11,19H,1-2H3/t11-/m0/s1. The lowest BCUT2D eigenvalue weighted by molar-refractivity contribution is 0.199. The summed E-state index contributed by atoms with van der Waals surface area (Å²) in [5, 5.41) is 18.6. The van der Waals surface area contributed by atoms with E-state index in [1.54, 1.807) is 31.3 Å². The van der Waals surface area contributed by atoms with Crippen molar-refractivity contribution in [2.45, 2.75) is 13.0 Å². The summed E-state index contributed by atoms with van der Waals surface area (Å²) in [4.78, 5) is 6.21. The minimum atomic E-state index is -0.579. The molecule has 4 nitrogen and oxygen atoms in total. The minimum Gasteiger partial charge on any atom is -0.389 e. The highest BCUT2D eigenvalue weighted by molar-refractivity contribution is 5.63. The van der Waals surface area contributed by atoms with Crippen molar-refractivity contribution in [3.8, 4) is 6.07 Å². The summed E-state index contributed by atoms with van der Waals surface area (Å²) < 4.78 is 0. The van der Waals surface area contributed by atoms with Crippen LogP contribution in [-0.4, -0.2) is 17.1 Å². The molecule has 19 heavy (non-hydrogen) atoms. The molecule has 0 amide bonds. The molecule has 0 unspecified atom stereocenters.